The van der Waals surface area contributed by atoms with Gasteiger partial charge in [-0.25, -0.2) is 0 Å². The molecule has 1 heterocycles. The third kappa shape index (κ3) is 3.92. The fourth-order valence-corrected chi connectivity index (χ4v) is 3.32. The lowest BCUT2D eigenvalue weighted by Gasteiger charge is -2.26. The average Bonchev–Trinajstić information content (AvgIpc) is 2.91. The minimum absolute atomic E-state index is 0.261. The number of hydrogen-bond donors (Lipinski definition) is 0. The molecule has 0 N–H and O–H groups in total. The lowest BCUT2D eigenvalue weighted by Crippen LogP contribution is -2.38. The van der Waals surface area contributed by atoms with Crippen LogP contribution in [0.15, 0.2) is 18.2 Å². The first kappa shape index (κ1) is 16.2. The fraction of sp³-hybridized carbons (Fsp3) is 0.611. The molecule has 1 aliphatic rings. The van der Waals surface area contributed by atoms with E-state index in [1.54, 1.807) is 0 Å². The highest BCUT2D eigenvalue weighted by Crippen LogP contribution is 2.17. The highest BCUT2D eigenvalue weighted by molar-refractivity contribution is 5.99. The molecule has 0 spiro atoms. The predicted molar refractivity (Wildman–Crippen MR) is 88.0 cm³/mol. The number of hydrogen-bond acceptors (Lipinski definition) is 3. The van der Waals surface area contributed by atoms with Gasteiger partial charge in [0.25, 0.3) is 0 Å². The number of Topliss-reactive ketones (excluding diaryl/α,β-unsaturated/α-hetero) is 1. The maximum atomic E-state index is 12.5. The summed E-state index contributed by atoms with van der Waals surface area (Å²) >= 11 is 0. The minimum atomic E-state index is 0.261. The van der Waals surface area contributed by atoms with E-state index in [1.807, 2.05) is 26.0 Å². The van der Waals surface area contributed by atoms with Crippen molar-refractivity contribution < 1.29 is 4.79 Å². The zero-order valence-corrected chi connectivity index (χ0v) is 13.9. The van der Waals surface area contributed by atoms with Crippen LogP contribution in [0, 0.1) is 13.8 Å². The Balaban J connectivity index is 1.97. The van der Waals surface area contributed by atoms with Gasteiger partial charge in [-0.3, -0.25) is 14.6 Å². The lowest BCUT2D eigenvalue weighted by atomic mass is 10.0. The van der Waals surface area contributed by atoms with Crippen molar-refractivity contribution in [3.8, 4) is 0 Å². The van der Waals surface area contributed by atoms with E-state index in [2.05, 4.69) is 29.7 Å². The van der Waals surface area contributed by atoms with E-state index in [-0.39, 0.29) is 5.78 Å². The van der Waals surface area contributed by atoms with Crippen LogP contribution in [0.2, 0.25) is 0 Å². The summed E-state index contributed by atoms with van der Waals surface area (Å²) in [5, 5.41) is 0. The number of nitrogens with zero attached hydrogens (tertiary/aromatic N) is 2. The molecule has 2 rings (SSSR count). The number of aryl methyl sites for hydroxylation is 2. The summed E-state index contributed by atoms with van der Waals surface area (Å²) in [5.74, 6) is 0.261. The summed E-state index contributed by atoms with van der Waals surface area (Å²) in [6.45, 7) is 13.3. The number of likely N-dealkylation sites (N-methyl/N-ethyl adjacent to an activating group) is 1. The van der Waals surface area contributed by atoms with Gasteiger partial charge in [0.1, 0.15) is 0 Å². The summed E-state index contributed by atoms with van der Waals surface area (Å²) in [5.41, 5.74) is 3.14. The molecule has 3 heteroatoms. The fourth-order valence-electron chi connectivity index (χ4n) is 3.32. The maximum Gasteiger partial charge on any atom is 0.177 e. The molecular weight excluding hydrogens is 260 g/mol. The van der Waals surface area contributed by atoms with Crippen molar-refractivity contribution in [2.45, 2.75) is 40.2 Å². The second-order valence-electron chi connectivity index (χ2n) is 6.14. The largest absolute Gasteiger partial charge is 0.300 e. The smallest absolute Gasteiger partial charge is 0.177 e. The maximum absolute atomic E-state index is 12.5. The Labute approximate surface area is 128 Å². The summed E-state index contributed by atoms with van der Waals surface area (Å²) in [4.78, 5) is 17.3. The molecule has 116 valence electrons. The lowest BCUT2D eigenvalue weighted by molar-refractivity contribution is 0.0938. The number of carbonyl (C=O) groups is 1. The van der Waals surface area contributed by atoms with Crippen LogP contribution in [0.25, 0.3) is 0 Å². The number of carbonyl (C=O) groups excluding carboxylic acids is 1. The van der Waals surface area contributed by atoms with Crippen LogP contribution in [0.3, 0.4) is 0 Å². The molecule has 0 radical (unpaired) electrons. The zero-order chi connectivity index (χ0) is 15.4. The van der Waals surface area contributed by atoms with E-state index in [9.17, 15) is 4.79 Å². The van der Waals surface area contributed by atoms with E-state index >= 15 is 0 Å². The highest BCUT2D eigenvalue weighted by Gasteiger charge is 2.27. The van der Waals surface area contributed by atoms with E-state index in [1.165, 1.54) is 6.42 Å². The van der Waals surface area contributed by atoms with Crippen molar-refractivity contribution in [3.05, 3.63) is 34.9 Å². The highest BCUT2D eigenvalue weighted by atomic mass is 16.1. The van der Waals surface area contributed by atoms with Crippen molar-refractivity contribution in [3.63, 3.8) is 0 Å². The summed E-state index contributed by atoms with van der Waals surface area (Å²) in [7, 11) is 0. The van der Waals surface area contributed by atoms with Gasteiger partial charge in [0, 0.05) is 24.7 Å². The van der Waals surface area contributed by atoms with E-state index < -0.39 is 0 Å². The quantitative estimate of drug-likeness (QED) is 0.752. The number of rotatable bonds is 6. The van der Waals surface area contributed by atoms with Gasteiger partial charge in [-0.1, -0.05) is 31.5 Å². The van der Waals surface area contributed by atoms with Gasteiger partial charge in [0.2, 0.25) is 0 Å². The van der Waals surface area contributed by atoms with Crippen LogP contribution in [0.5, 0.6) is 0 Å². The normalized spacial score (nSPS) is 19.4. The molecular formula is C18H28N2O. The SMILES string of the molecule is CCN(CC)C1CCN(CC(=O)c2cc(C)ccc2C)C1. The minimum Gasteiger partial charge on any atom is -0.300 e. The summed E-state index contributed by atoms with van der Waals surface area (Å²) in [6.07, 6.45) is 1.18. The Kier molecular flexibility index (Phi) is 5.54. The molecule has 1 fully saturated rings. The molecule has 0 aromatic heterocycles. The number of ketones is 1. The van der Waals surface area contributed by atoms with E-state index in [0.29, 0.717) is 12.6 Å². The standard InChI is InChI=1S/C18H28N2O/c1-5-20(6-2)16-9-10-19(12-16)13-18(21)17-11-14(3)7-8-15(17)4/h7-8,11,16H,5-6,9-10,12-13H2,1-4H3. The van der Waals surface area contributed by atoms with Gasteiger partial charge in [-0.05, 0) is 45.0 Å². The monoisotopic (exact) mass is 288 g/mol. The molecule has 1 aromatic rings. The molecule has 21 heavy (non-hydrogen) atoms. The Bertz CT molecular complexity index is 494. The van der Waals surface area contributed by atoms with E-state index in [4.69, 9.17) is 0 Å². The Morgan fingerprint density at radius 3 is 2.67 bits per heavy atom. The third-order valence-corrected chi connectivity index (χ3v) is 4.64. The molecule has 0 bridgehead atoms. The third-order valence-electron chi connectivity index (χ3n) is 4.64. The molecule has 0 amide bonds. The second-order valence-corrected chi connectivity index (χ2v) is 6.14. The van der Waals surface area contributed by atoms with E-state index in [0.717, 1.165) is 42.9 Å². The zero-order valence-electron chi connectivity index (χ0n) is 13.9. The van der Waals surface area contributed by atoms with Gasteiger partial charge in [-0.15, -0.1) is 0 Å². The van der Waals surface area contributed by atoms with Crippen molar-refractivity contribution in [1.82, 2.24) is 9.80 Å². The Hall–Kier alpha value is -1.19. The molecule has 0 saturated carbocycles. The van der Waals surface area contributed by atoms with Crippen LogP contribution >= 0.6 is 0 Å². The predicted octanol–water partition coefficient (Wildman–Crippen LogP) is 2.90. The first-order chi connectivity index (χ1) is 10.0. The van der Waals surface area contributed by atoms with Gasteiger partial charge in [0.15, 0.2) is 5.78 Å². The van der Waals surface area contributed by atoms with Crippen LogP contribution in [0.4, 0.5) is 0 Å². The number of likely N-dealkylation sites (tertiary alicyclic amines) is 1. The van der Waals surface area contributed by atoms with Gasteiger partial charge >= 0.3 is 0 Å². The number of benzene rings is 1. The molecule has 1 aliphatic heterocycles. The van der Waals surface area contributed by atoms with Crippen molar-refractivity contribution in [2.75, 3.05) is 32.7 Å². The topological polar surface area (TPSA) is 23.6 Å². The molecule has 1 aromatic carbocycles. The Morgan fingerprint density at radius 2 is 2.00 bits per heavy atom. The molecule has 1 atom stereocenters. The van der Waals surface area contributed by atoms with Crippen LogP contribution in [-0.2, 0) is 0 Å². The molecule has 3 nitrogen and oxygen atoms in total. The molecule has 0 aliphatic carbocycles. The van der Waals surface area contributed by atoms with Crippen molar-refractivity contribution in [1.29, 1.82) is 0 Å². The van der Waals surface area contributed by atoms with Gasteiger partial charge < -0.3 is 0 Å². The van der Waals surface area contributed by atoms with Gasteiger partial charge in [-0.2, -0.15) is 0 Å². The first-order valence-corrected chi connectivity index (χ1v) is 8.12. The second kappa shape index (κ2) is 7.19. The van der Waals surface area contributed by atoms with Crippen molar-refractivity contribution in [2.24, 2.45) is 0 Å². The summed E-state index contributed by atoms with van der Waals surface area (Å²) < 4.78 is 0. The Morgan fingerprint density at radius 1 is 1.29 bits per heavy atom. The van der Waals surface area contributed by atoms with Crippen LogP contribution in [0.1, 0.15) is 41.8 Å². The molecule has 1 unspecified atom stereocenters. The van der Waals surface area contributed by atoms with Gasteiger partial charge in [0.05, 0.1) is 6.54 Å². The first-order valence-electron chi connectivity index (χ1n) is 8.12. The summed E-state index contributed by atoms with van der Waals surface area (Å²) in [6, 6.07) is 6.76. The van der Waals surface area contributed by atoms with Crippen LogP contribution < -0.4 is 0 Å². The van der Waals surface area contributed by atoms with Crippen LogP contribution in [-0.4, -0.2) is 54.3 Å². The average molecular weight is 288 g/mol. The van der Waals surface area contributed by atoms with Crippen molar-refractivity contribution >= 4 is 5.78 Å². The molecule has 1 saturated heterocycles.